The Hall–Kier alpha value is -3.64. The molecule has 144 valence electrons. The molecule has 0 aliphatic rings. The minimum absolute atomic E-state index is 0.0750. The molecule has 0 radical (unpaired) electrons. The summed E-state index contributed by atoms with van der Waals surface area (Å²) in [6.07, 6.45) is 3.97. The molecule has 1 amide bonds. The smallest absolute Gasteiger partial charge is 0.239 e. The fourth-order valence-electron chi connectivity index (χ4n) is 2.07. The summed E-state index contributed by atoms with van der Waals surface area (Å²) < 4.78 is 0. The van der Waals surface area contributed by atoms with Crippen LogP contribution < -0.4 is 21.3 Å². The van der Waals surface area contributed by atoms with Gasteiger partial charge in [0.1, 0.15) is 5.02 Å². The van der Waals surface area contributed by atoms with Gasteiger partial charge in [-0.2, -0.15) is 10.2 Å². The number of carbonyl (C=O) groups excluding carboxylic acids is 1. The van der Waals surface area contributed by atoms with Crippen LogP contribution in [0.4, 0.5) is 11.8 Å². The summed E-state index contributed by atoms with van der Waals surface area (Å²) in [6.45, 7) is 0.498. The van der Waals surface area contributed by atoms with Crippen molar-refractivity contribution in [1.82, 2.24) is 20.6 Å². The molecule has 0 aliphatic heterocycles. The number of rotatable bonds is 9. The van der Waals surface area contributed by atoms with Gasteiger partial charge in [0.05, 0.1) is 30.1 Å². The third-order valence-electron chi connectivity index (χ3n) is 3.47. The SMILES string of the molecule is CNC(=O)CN/C=C(\C=N)Nc1ncc(Cl)c(NCc2cccc(C#N)c2)n1. The third-order valence-corrected chi connectivity index (χ3v) is 3.75. The average Bonchev–Trinajstić information content (AvgIpc) is 2.73. The lowest BCUT2D eigenvalue weighted by atomic mass is 10.1. The van der Waals surface area contributed by atoms with Gasteiger partial charge in [-0.3, -0.25) is 4.79 Å². The van der Waals surface area contributed by atoms with Crippen molar-refractivity contribution < 1.29 is 4.79 Å². The molecule has 0 unspecified atom stereocenters. The molecule has 0 bridgehead atoms. The highest BCUT2D eigenvalue weighted by molar-refractivity contribution is 6.32. The molecule has 2 aromatic rings. The largest absolute Gasteiger partial charge is 0.380 e. The fourth-order valence-corrected chi connectivity index (χ4v) is 2.23. The van der Waals surface area contributed by atoms with E-state index < -0.39 is 0 Å². The zero-order valence-electron chi connectivity index (χ0n) is 15.1. The summed E-state index contributed by atoms with van der Waals surface area (Å²) in [4.78, 5) is 19.6. The summed E-state index contributed by atoms with van der Waals surface area (Å²) in [6, 6.07) is 9.28. The second-order valence-electron chi connectivity index (χ2n) is 5.48. The lowest BCUT2D eigenvalue weighted by Gasteiger charge is -2.11. The van der Waals surface area contributed by atoms with Crippen LogP contribution in [-0.2, 0) is 11.3 Å². The molecule has 1 heterocycles. The van der Waals surface area contributed by atoms with Crippen LogP contribution in [0.3, 0.4) is 0 Å². The number of benzene rings is 1. The van der Waals surface area contributed by atoms with Crippen molar-refractivity contribution in [2.75, 3.05) is 24.2 Å². The molecule has 5 N–H and O–H groups in total. The zero-order valence-corrected chi connectivity index (χ0v) is 15.8. The second-order valence-corrected chi connectivity index (χ2v) is 5.89. The van der Waals surface area contributed by atoms with E-state index in [4.69, 9.17) is 22.3 Å². The topological polar surface area (TPSA) is 139 Å². The van der Waals surface area contributed by atoms with Crippen molar-refractivity contribution in [1.29, 1.82) is 10.7 Å². The van der Waals surface area contributed by atoms with E-state index in [1.165, 1.54) is 19.4 Å². The summed E-state index contributed by atoms with van der Waals surface area (Å²) in [5.74, 6) is 0.452. The number of aromatic nitrogens is 2. The third kappa shape index (κ3) is 6.26. The van der Waals surface area contributed by atoms with Gasteiger partial charge >= 0.3 is 0 Å². The first-order valence-electron chi connectivity index (χ1n) is 8.22. The van der Waals surface area contributed by atoms with E-state index in [-0.39, 0.29) is 18.4 Å². The molecule has 0 saturated carbocycles. The highest BCUT2D eigenvalue weighted by Crippen LogP contribution is 2.20. The minimum Gasteiger partial charge on any atom is -0.380 e. The predicted octanol–water partition coefficient (Wildman–Crippen LogP) is 1.85. The molecule has 0 spiro atoms. The lowest BCUT2D eigenvalue weighted by Crippen LogP contribution is -2.29. The maximum Gasteiger partial charge on any atom is 0.239 e. The Bertz CT molecular complexity index is 922. The number of nitriles is 1. The highest BCUT2D eigenvalue weighted by Gasteiger charge is 2.07. The number of halogens is 1. The van der Waals surface area contributed by atoms with Gasteiger partial charge in [0, 0.05) is 26.0 Å². The fraction of sp³-hybridized carbons (Fsp3) is 0.167. The molecular weight excluding hydrogens is 380 g/mol. The van der Waals surface area contributed by atoms with E-state index >= 15 is 0 Å². The Morgan fingerprint density at radius 3 is 2.96 bits per heavy atom. The Morgan fingerprint density at radius 2 is 2.25 bits per heavy atom. The van der Waals surface area contributed by atoms with E-state index in [0.717, 1.165) is 11.8 Å². The van der Waals surface area contributed by atoms with Gasteiger partial charge < -0.3 is 26.7 Å². The quantitative estimate of drug-likeness (QED) is 0.406. The molecule has 1 aromatic carbocycles. The van der Waals surface area contributed by atoms with Crippen LogP contribution >= 0.6 is 11.6 Å². The molecule has 0 fully saturated rings. The van der Waals surface area contributed by atoms with E-state index in [1.54, 1.807) is 18.2 Å². The van der Waals surface area contributed by atoms with Crippen LogP contribution in [0.2, 0.25) is 5.02 Å². The van der Waals surface area contributed by atoms with Gasteiger partial charge in [0.25, 0.3) is 0 Å². The van der Waals surface area contributed by atoms with E-state index in [9.17, 15) is 4.79 Å². The average molecular weight is 399 g/mol. The maximum absolute atomic E-state index is 11.2. The first kappa shape index (κ1) is 20.7. The number of anilines is 2. The van der Waals surface area contributed by atoms with Gasteiger partial charge in [0.2, 0.25) is 11.9 Å². The summed E-state index contributed by atoms with van der Waals surface area (Å²) in [5, 5.41) is 28.0. The van der Waals surface area contributed by atoms with Crippen LogP contribution in [0, 0.1) is 16.7 Å². The Morgan fingerprint density at radius 1 is 1.43 bits per heavy atom. The van der Waals surface area contributed by atoms with E-state index in [2.05, 4.69) is 37.3 Å². The van der Waals surface area contributed by atoms with Crippen LogP contribution in [-0.4, -0.2) is 35.7 Å². The molecule has 28 heavy (non-hydrogen) atoms. The number of nitrogens with one attached hydrogen (secondary N) is 5. The van der Waals surface area contributed by atoms with Gasteiger partial charge in [0.15, 0.2) is 5.82 Å². The predicted molar refractivity (Wildman–Crippen MR) is 108 cm³/mol. The van der Waals surface area contributed by atoms with Gasteiger partial charge in [-0.25, -0.2) is 4.98 Å². The van der Waals surface area contributed by atoms with Crippen LogP contribution in [0.5, 0.6) is 0 Å². The number of nitrogens with zero attached hydrogens (tertiary/aromatic N) is 3. The summed E-state index contributed by atoms with van der Waals surface area (Å²) in [5.41, 5.74) is 1.83. The first-order valence-corrected chi connectivity index (χ1v) is 8.60. The zero-order chi connectivity index (χ0) is 20.4. The van der Waals surface area contributed by atoms with Crippen LogP contribution in [0.1, 0.15) is 11.1 Å². The molecule has 9 nitrogen and oxygen atoms in total. The number of hydrogen-bond acceptors (Lipinski definition) is 8. The number of allylic oxidation sites excluding steroid dienone is 1. The van der Waals surface area contributed by atoms with E-state index in [0.29, 0.717) is 28.6 Å². The molecular formula is C18H19ClN8O. The van der Waals surface area contributed by atoms with Crippen molar-refractivity contribution in [2.24, 2.45) is 0 Å². The Labute approximate surface area is 167 Å². The highest BCUT2D eigenvalue weighted by atomic mass is 35.5. The molecule has 10 heteroatoms. The van der Waals surface area contributed by atoms with Crippen molar-refractivity contribution in [2.45, 2.75) is 6.54 Å². The molecule has 0 aliphatic carbocycles. The first-order chi connectivity index (χ1) is 13.5. The van der Waals surface area contributed by atoms with Crippen molar-refractivity contribution in [3.8, 4) is 6.07 Å². The lowest BCUT2D eigenvalue weighted by molar-refractivity contribution is -0.119. The van der Waals surface area contributed by atoms with Crippen LogP contribution in [0.25, 0.3) is 0 Å². The number of amides is 1. The molecule has 1 aromatic heterocycles. The minimum atomic E-state index is -0.185. The van der Waals surface area contributed by atoms with Crippen LogP contribution in [0.15, 0.2) is 42.4 Å². The number of carbonyl (C=O) groups is 1. The second kappa shape index (κ2) is 10.5. The Kier molecular flexibility index (Phi) is 7.75. The summed E-state index contributed by atoms with van der Waals surface area (Å²) in [7, 11) is 1.54. The normalized spacial score (nSPS) is 10.5. The number of likely N-dealkylation sites (N-methyl/N-ethyl adjacent to an activating group) is 1. The molecule has 2 rings (SSSR count). The van der Waals surface area contributed by atoms with Gasteiger partial charge in [-0.05, 0) is 17.7 Å². The molecule has 0 saturated heterocycles. The molecule has 0 atom stereocenters. The maximum atomic E-state index is 11.2. The van der Waals surface area contributed by atoms with Crippen molar-refractivity contribution in [3.05, 3.63) is 58.5 Å². The van der Waals surface area contributed by atoms with Gasteiger partial charge in [-0.1, -0.05) is 23.7 Å². The van der Waals surface area contributed by atoms with E-state index in [1.807, 2.05) is 6.07 Å². The Balaban J connectivity index is 2.05. The standard InChI is InChI=1S/C18H19ClN8O/c1-22-16(28)11-23-9-14(7-21)26-18-25-10-15(19)17(27-18)24-8-13-4-2-3-12(5-13)6-20/h2-5,7,9-10,21,23H,8,11H2,1H3,(H,22,28)(H2,24,25,26,27)/b14-9+,21-7?. The van der Waals surface area contributed by atoms with Crippen molar-refractivity contribution in [3.63, 3.8) is 0 Å². The van der Waals surface area contributed by atoms with Crippen molar-refractivity contribution >= 4 is 35.5 Å². The monoisotopic (exact) mass is 398 g/mol. The van der Waals surface area contributed by atoms with Gasteiger partial charge in [-0.15, -0.1) is 0 Å². The number of hydrogen-bond donors (Lipinski definition) is 5. The summed E-state index contributed by atoms with van der Waals surface area (Å²) >= 11 is 6.14.